The average Bonchev–Trinajstić information content (AvgIpc) is 2.06. The molecule has 1 aliphatic heterocycles. The van der Waals surface area contributed by atoms with Gasteiger partial charge in [-0.3, -0.25) is 10.1 Å². The zero-order chi connectivity index (χ0) is 8.97. The number of hydrogen-bond acceptors (Lipinski definition) is 4. The van der Waals surface area contributed by atoms with Crippen molar-refractivity contribution in [3.05, 3.63) is 10.1 Å². The van der Waals surface area contributed by atoms with Crippen LogP contribution in [0.4, 0.5) is 0 Å². The lowest BCUT2D eigenvalue weighted by molar-refractivity contribution is -0.519. The summed E-state index contributed by atoms with van der Waals surface area (Å²) in [7, 11) is 0. The molecule has 0 aromatic rings. The maximum atomic E-state index is 10.3. The second kappa shape index (κ2) is 4.37. The Labute approximate surface area is 71.2 Å². The standard InChI is InChI=1S/C7H14N2O3/c1-6(9(10)11)4-7-5-12-3-2-8-7/h6-8H,2-5H2,1H3. The SMILES string of the molecule is CC(CC1COCCN1)[N+](=O)[O-]. The van der Waals surface area contributed by atoms with Crippen LogP contribution in [0.15, 0.2) is 0 Å². The first kappa shape index (κ1) is 9.41. The van der Waals surface area contributed by atoms with E-state index in [2.05, 4.69) is 5.32 Å². The van der Waals surface area contributed by atoms with Gasteiger partial charge in [0.15, 0.2) is 0 Å². The fraction of sp³-hybridized carbons (Fsp3) is 1.00. The Morgan fingerprint density at radius 1 is 1.83 bits per heavy atom. The van der Waals surface area contributed by atoms with Crippen molar-refractivity contribution in [2.75, 3.05) is 19.8 Å². The van der Waals surface area contributed by atoms with Gasteiger partial charge in [0.2, 0.25) is 6.04 Å². The highest BCUT2D eigenvalue weighted by Gasteiger charge is 2.21. The number of nitrogens with one attached hydrogen (secondary N) is 1. The lowest BCUT2D eigenvalue weighted by Gasteiger charge is -2.23. The minimum Gasteiger partial charge on any atom is -0.379 e. The van der Waals surface area contributed by atoms with Crippen LogP contribution in [0.2, 0.25) is 0 Å². The predicted octanol–water partition coefficient (Wildman–Crippen LogP) is 0.0301. The summed E-state index contributed by atoms with van der Waals surface area (Å²) in [6.45, 7) is 3.73. The average molecular weight is 174 g/mol. The molecule has 0 amide bonds. The Balaban J connectivity index is 2.24. The zero-order valence-corrected chi connectivity index (χ0v) is 7.16. The Hall–Kier alpha value is -0.680. The number of ether oxygens (including phenoxy) is 1. The van der Waals surface area contributed by atoms with Crippen molar-refractivity contribution in [2.24, 2.45) is 0 Å². The minimum absolute atomic E-state index is 0.152. The van der Waals surface area contributed by atoms with Crippen LogP contribution >= 0.6 is 0 Å². The van der Waals surface area contributed by atoms with E-state index < -0.39 is 6.04 Å². The minimum atomic E-state index is -0.482. The summed E-state index contributed by atoms with van der Waals surface area (Å²) in [6, 6.07) is -0.330. The molecule has 0 radical (unpaired) electrons. The largest absolute Gasteiger partial charge is 0.379 e. The molecular formula is C7H14N2O3. The molecule has 70 valence electrons. The molecule has 12 heavy (non-hydrogen) atoms. The van der Waals surface area contributed by atoms with Crippen LogP contribution in [0.25, 0.3) is 0 Å². The van der Waals surface area contributed by atoms with Crippen LogP contribution in [0.1, 0.15) is 13.3 Å². The van der Waals surface area contributed by atoms with Gasteiger partial charge < -0.3 is 10.1 Å². The molecule has 1 rings (SSSR count). The van der Waals surface area contributed by atoms with Crippen molar-refractivity contribution in [3.63, 3.8) is 0 Å². The van der Waals surface area contributed by atoms with Gasteiger partial charge in [0.1, 0.15) is 0 Å². The van der Waals surface area contributed by atoms with Gasteiger partial charge in [-0.05, 0) is 0 Å². The first-order chi connectivity index (χ1) is 5.70. The van der Waals surface area contributed by atoms with Crippen LogP contribution in [-0.2, 0) is 4.74 Å². The summed E-state index contributed by atoms with van der Waals surface area (Å²) < 4.78 is 5.18. The van der Waals surface area contributed by atoms with Crippen LogP contribution in [0.5, 0.6) is 0 Å². The van der Waals surface area contributed by atoms with Crippen molar-refractivity contribution in [3.8, 4) is 0 Å². The number of morpholine rings is 1. The Morgan fingerprint density at radius 3 is 3.08 bits per heavy atom. The highest BCUT2D eigenvalue weighted by atomic mass is 16.6. The van der Waals surface area contributed by atoms with Crippen molar-refractivity contribution < 1.29 is 9.66 Å². The Morgan fingerprint density at radius 2 is 2.58 bits per heavy atom. The third-order valence-electron chi connectivity index (χ3n) is 1.98. The molecule has 0 saturated carbocycles. The molecule has 2 unspecified atom stereocenters. The molecule has 0 aromatic heterocycles. The van der Waals surface area contributed by atoms with Crippen LogP contribution in [0.3, 0.4) is 0 Å². The van der Waals surface area contributed by atoms with E-state index in [1.165, 1.54) is 0 Å². The molecule has 1 fully saturated rings. The quantitative estimate of drug-likeness (QED) is 0.484. The summed E-state index contributed by atoms with van der Waals surface area (Å²) in [6.07, 6.45) is 0.549. The third-order valence-corrected chi connectivity index (χ3v) is 1.98. The van der Waals surface area contributed by atoms with E-state index in [1.54, 1.807) is 6.92 Å². The van der Waals surface area contributed by atoms with E-state index in [0.29, 0.717) is 19.6 Å². The fourth-order valence-corrected chi connectivity index (χ4v) is 1.27. The summed E-state index contributed by atoms with van der Waals surface area (Å²) in [5.41, 5.74) is 0. The van der Waals surface area contributed by atoms with Gasteiger partial charge in [0.05, 0.1) is 13.2 Å². The van der Waals surface area contributed by atoms with E-state index in [9.17, 15) is 10.1 Å². The molecule has 2 atom stereocenters. The van der Waals surface area contributed by atoms with E-state index in [0.717, 1.165) is 6.54 Å². The second-order valence-electron chi connectivity index (χ2n) is 3.10. The van der Waals surface area contributed by atoms with Gasteiger partial charge in [-0.2, -0.15) is 0 Å². The molecule has 0 aliphatic carbocycles. The first-order valence-electron chi connectivity index (χ1n) is 4.15. The van der Waals surface area contributed by atoms with Crippen LogP contribution < -0.4 is 5.32 Å². The van der Waals surface area contributed by atoms with E-state index in [4.69, 9.17) is 4.74 Å². The van der Waals surface area contributed by atoms with Crippen LogP contribution in [0, 0.1) is 10.1 Å². The molecule has 0 aromatic carbocycles. The fourth-order valence-electron chi connectivity index (χ4n) is 1.27. The van der Waals surface area contributed by atoms with Gasteiger partial charge >= 0.3 is 0 Å². The normalized spacial score (nSPS) is 26.6. The molecule has 5 heteroatoms. The van der Waals surface area contributed by atoms with Crippen molar-refractivity contribution in [2.45, 2.75) is 25.4 Å². The third kappa shape index (κ3) is 2.75. The molecule has 1 saturated heterocycles. The molecule has 0 bridgehead atoms. The lowest BCUT2D eigenvalue weighted by Crippen LogP contribution is -2.43. The summed E-state index contributed by atoms with van der Waals surface area (Å²) in [5.74, 6) is 0. The molecule has 1 N–H and O–H groups in total. The van der Waals surface area contributed by atoms with Gasteiger partial charge in [0, 0.05) is 30.9 Å². The smallest absolute Gasteiger partial charge is 0.212 e. The van der Waals surface area contributed by atoms with Gasteiger partial charge in [-0.1, -0.05) is 0 Å². The molecule has 5 nitrogen and oxygen atoms in total. The number of rotatable bonds is 3. The van der Waals surface area contributed by atoms with E-state index in [1.807, 2.05) is 0 Å². The van der Waals surface area contributed by atoms with E-state index >= 15 is 0 Å². The zero-order valence-electron chi connectivity index (χ0n) is 7.16. The van der Waals surface area contributed by atoms with Gasteiger partial charge in [-0.25, -0.2) is 0 Å². The Bertz CT molecular complexity index is 157. The van der Waals surface area contributed by atoms with Gasteiger partial charge in [0.25, 0.3) is 0 Å². The number of hydrogen-bond donors (Lipinski definition) is 1. The summed E-state index contributed by atoms with van der Waals surface area (Å²) in [4.78, 5) is 10.1. The topological polar surface area (TPSA) is 64.4 Å². The predicted molar refractivity (Wildman–Crippen MR) is 43.7 cm³/mol. The number of nitrogens with zero attached hydrogens (tertiary/aromatic N) is 1. The highest BCUT2D eigenvalue weighted by molar-refractivity contribution is 4.72. The van der Waals surface area contributed by atoms with Crippen molar-refractivity contribution >= 4 is 0 Å². The lowest BCUT2D eigenvalue weighted by atomic mass is 10.1. The molecule has 1 aliphatic rings. The molecule has 1 heterocycles. The molecular weight excluding hydrogens is 160 g/mol. The Kier molecular flexibility index (Phi) is 3.43. The maximum Gasteiger partial charge on any atom is 0.212 e. The van der Waals surface area contributed by atoms with Gasteiger partial charge in [-0.15, -0.1) is 0 Å². The summed E-state index contributed by atoms with van der Waals surface area (Å²) in [5, 5.41) is 13.5. The maximum absolute atomic E-state index is 10.3. The molecule has 0 spiro atoms. The first-order valence-corrected chi connectivity index (χ1v) is 4.15. The highest BCUT2D eigenvalue weighted by Crippen LogP contribution is 2.04. The van der Waals surface area contributed by atoms with Crippen molar-refractivity contribution in [1.29, 1.82) is 0 Å². The monoisotopic (exact) mass is 174 g/mol. The van der Waals surface area contributed by atoms with E-state index in [-0.39, 0.29) is 11.0 Å². The number of nitro groups is 1. The second-order valence-corrected chi connectivity index (χ2v) is 3.10. The van der Waals surface area contributed by atoms with Crippen molar-refractivity contribution in [1.82, 2.24) is 5.32 Å². The van der Waals surface area contributed by atoms with Crippen LogP contribution in [-0.4, -0.2) is 36.8 Å². The summed E-state index contributed by atoms with van der Waals surface area (Å²) >= 11 is 0.